The predicted octanol–water partition coefficient (Wildman–Crippen LogP) is 3.30. The van der Waals surface area contributed by atoms with Crippen molar-refractivity contribution in [2.24, 2.45) is 0 Å². The summed E-state index contributed by atoms with van der Waals surface area (Å²) >= 11 is 0. The van der Waals surface area contributed by atoms with Gasteiger partial charge in [-0.2, -0.15) is 0 Å². The van der Waals surface area contributed by atoms with Gasteiger partial charge in [0.15, 0.2) is 11.6 Å². The summed E-state index contributed by atoms with van der Waals surface area (Å²) in [6, 6.07) is 9.59. The molecule has 5 nitrogen and oxygen atoms in total. The van der Waals surface area contributed by atoms with Crippen LogP contribution in [0, 0.1) is 6.92 Å². The standard InChI is InChI=1S/C16H15N3O2/c1-10-7-12(9-18-8-10)15-14(16(17)19-21-15)11-3-5-13(20-2)6-4-11/h3-9H,1-2H3,(H2,17,19). The number of anilines is 1. The van der Waals surface area contributed by atoms with E-state index in [-0.39, 0.29) is 0 Å². The van der Waals surface area contributed by atoms with Gasteiger partial charge in [-0.25, -0.2) is 0 Å². The van der Waals surface area contributed by atoms with Crippen LogP contribution in [0.1, 0.15) is 5.56 Å². The second-order valence-corrected chi connectivity index (χ2v) is 4.75. The SMILES string of the molecule is COc1ccc(-c2c(N)noc2-c2cncc(C)c2)cc1. The third-order valence-corrected chi connectivity index (χ3v) is 3.23. The lowest BCUT2D eigenvalue weighted by atomic mass is 10.0. The number of aryl methyl sites for hydroxylation is 1. The summed E-state index contributed by atoms with van der Waals surface area (Å²) in [5.41, 5.74) is 9.55. The smallest absolute Gasteiger partial charge is 0.178 e. The van der Waals surface area contributed by atoms with Crippen molar-refractivity contribution < 1.29 is 9.26 Å². The molecule has 0 amide bonds. The van der Waals surface area contributed by atoms with Crippen LogP contribution < -0.4 is 10.5 Å². The van der Waals surface area contributed by atoms with Crippen molar-refractivity contribution in [1.29, 1.82) is 0 Å². The number of nitrogens with zero attached hydrogens (tertiary/aromatic N) is 2. The number of benzene rings is 1. The van der Waals surface area contributed by atoms with Gasteiger partial charge in [-0.15, -0.1) is 0 Å². The Hall–Kier alpha value is -2.82. The summed E-state index contributed by atoms with van der Waals surface area (Å²) in [5.74, 6) is 1.76. The van der Waals surface area contributed by atoms with E-state index in [1.807, 2.05) is 37.3 Å². The molecule has 0 spiro atoms. The maximum Gasteiger partial charge on any atom is 0.178 e. The van der Waals surface area contributed by atoms with Crippen LogP contribution in [0.2, 0.25) is 0 Å². The van der Waals surface area contributed by atoms with Crippen LogP contribution in [0.3, 0.4) is 0 Å². The molecule has 21 heavy (non-hydrogen) atoms. The Morgan fingerprint density at radius 1 is 1.10 bits per heavy atom. The van der Waals surface area contributed by atoms with E-state index < -0.39 is 0 Å². The van der Waals surface area contributed by atoms with Crippen LogP contribution in [0.4, 0.5) is 5.82 Å². The molecular weight excluding hydrogens is 266 g/mol. The number of nitrogens with two attached hydrogens (primary N) is 1. The molecule has 0 saturated carbocycles. The summed E-state index contributed by atoms with van der Waals surface area (Å²) in [6.45, 7) is 1.98. The van der Waals surface area contributed by atoms with E-state index in [0.29, 0.717) is 11.6 Å². The average molecular weight is 281 g/mol. The molecule has 0 unspecified atom stereocenters. The van der Waals surface area contributed by atoms with E-state index in [2.05, 4.69) is 10.1 Å². The Morgan fingerprint density at radius 2 is 1.86 bits per heavy atom. The predicted molar refractivity (Wildman–Crippen MR) is 80.9 cm³/mol. The molecule has 3 rings (SSSR count). The Morgan fingerprint density at radius 3 is 2.52 bits per heavy atom. The van der Waals surface area contributed by atoms with E-state index in [9.17, 15) is 0 Å². The van der Waals surface area contributed by atoms with Crippen LogP contribution in [-0.2, 0) is 0 Å². The molecule has 0 saturated heterocycles. The lowest BCUT2D eigenvalue weighted by Crippen LogP contribution is -1.90. The number of hydrogen-bond acceptors (Lipinski definition) is 5. The molecule has 3 aromatic rings. The molecular formula is C16H15N3O2. The van der Waals surface area contributed by atoms with Gasteiger partial charge in [0.2, 0.25) is 0 Å². The summed E-state index contributed by atoms with van der Waals surface area (Å²) in [4.78, 5) is 4.18. The first kappa shape index (κ1) is 13.2. The zero-order chi connectivity index (χ0) is 14.8. The van der Waals surface area contributed by atoms with E-state index in [1.165, 1.54) is 0 Å². The number of methoxy groups -OCH3 is 1. The largest absolute Gasteiger partial charge is 0.497 e. The third-order valence-electron chi connectivity index (χ3n) is 3.23. The molecule has 0 atom stereocenters. The number of hydrogen-bond donors (Lipinski definition) is 1. The van der Waals surface area contributed by atoms with Crippen molar-refractivity contribution in [3.05, 3.63) is 48.3 Å². The fraction of sp³-hybridized carbons (Fsp3) is 0.125. The fourth-order valence-corrected chi connectivity index (χ4v) is 2.22. The van der Waals surface area contributed by atoms with Gasteiger partial charge in [-0.05, 0) is 36.2 Å². The number of rotatable bonds is 3. The van der Waals surface area contributed by atoms with Gasteiger partial charge in [-0.1, -0.05) is 17.3 Å². The van der Waals surface area contributed by atoms with Gasteiger partial charge in [-0.3, -0.25) is 4.98 Å². The van der Waals surface area contributed by atoms with Gasteiger partial charge < -0.3 is 15.0 Å². The minimum absolute atomic E-state index is 0.358. The van der Waals surface area contributed by atoms with Crippen molar-refractivity contribution in [2.45, 2.75) is 6.92 Å². The van der Waals surface area contributed by atoms with Crippen LogP contribution in [0.25, 0.3) is 22.5 Å². The van der Waals surface area contributed by atoms with Gasteiger partial charge in [0.1, 0.15) is 5.75 Å². The number of pyridine rings is 1. The van der Waals surface area contributed by atoms with Crippen LogP contribution in [0.15, 0.2) is 47.2 Å². The van der Waals surface area contributed by atoms with Gasteiger partial charge in [0.25, 0.3) is 0 Å². The quantitative estimate of drug-likeness (QED) is 0.797. The molecule has 2 N–H and O–H groups in total. The van der Waals surface area contributed by atoms with Crippen molar-refractivity contribution in [3.63, 3.8) is 0 Å². The minimum atomic E-state index is 0.358. The average Bonchev–Trinajstić information content (AvgIpc) is 2.89. The summed E-state index contributed by atoms with van der Waals surface area (Å²) < 4.78 is 10.6. The zero-order valence-electron chi connectivity index (χ0n) is 11.8. The molecule has 5 heteroatoms. The molecule has 0 aliphatic rings. The highest BCUT2D eigenvalue weighted by Gasteiger charge is 2.18. The monoisotopic (exact) mass is 281 g/mol. The first-order valence-electron chi connectivity index (χ1n) is 6.50. The van der Waals surface area contributed by atoms with Crippen molar-refractivity contribution in [1.82, 2.24) is 10.1 Å². The number of nitrogen functional groups attached to an aromatic ring is 1. The summed E-state index contributed by atoms with van der Waals surface area (Å²) in [7, 11) is 1.63. The molecule has 0 radical (unpaired) electrons. The fourth-order valence-electron chi connectivity index (χ4n) is 2.22. The first-order chi connectivity index (χ1) is 10.2. The minimum Gasteiger partial charge on any atom is -0.497 e. The van der Waals surface area contributed by atoms with Gasteiger partial charge in [0.05, 0.1) is 12.7 Å². The molecule has 1 aromatic carbocycles. The van der Waals surface area contributed by atoms with Crippen LogP contribution in [-0.4, -0.2) is 17.3 Å². The van der Waals surface area contributed by atoms with Crippen molar-refractivity contribution >= 4 is 5.82 Å². The van der Waals surface area contributed by atoms with E-state index in [1.54, 1.807) is 19.5 Å². The highest BCUT2D eigenvalue weighted by molar-refractivity contribution is 5.86. The zero-order valence-corrected chi connectivity index (χ0v) is 11.8. The maximum atomic E-state index is 5.96. The van der Waals surface area contributed by atoms with E-state index in [4.69, 9.17) is 15.0 Å². The lowest BCUT2D eigenvalue weighted by Gasteiger charge is -2.05. The van der Waals surface area contributed by atoms with Crippen LogP contribution >= 0.6 is 0 Å². The number of aromatic nitrogens is 2. The van der Waals surface area contributed by atoms with Gasteiger partial charge >= 0.3 is 0 Å². The third kappa shape index (κ3) is 2.45. The molecule has 0 aliphatic carbocycles. The second kappa shape index (κ2) is 5.28. The van der Waals surface area contributed by atoms with Gasteiger partial charge in [0, 0.05) is 18.0 Å². The maximum absolute atomic E-state index is 5.96. The molecule has 0 aliphatic heterocycles. The number of ether oxygens (including phenoxy) is 1. The summed E-state index contributed by atoms with van der Waals surface area (Å²) in [5, 5.41) is 3.89. The molecule has 106 valence electrons. The molecule has 2 aromatic heterocycles. The molecule has 2 heterocycles. The highest BCUT2D eigenvalue weighted by Crippen LogP contribution is 2.37. The molecule has 0 bridgehead atoms. The first-order valence-corrected chi connectivity index (χ1v) is 6.50. The van der Waals surface area contributed by atoms with Crippen molar-refractivity contribution in [3.8, 4) is 28.2 Å². The Kier molecular flexibility index (Phi) is 3.31. The lowest BCUT2D eigenvalue weighted by molar-refractivity contribution is 0.415. The highest BCUT2D eigenvalue weighted by atomic mass is 16.5. The Balaban J connectivity index is 2.12. The van der Waals surface area contributed by atoms with Crippen LogP contribution in [0.5, 0.6) is 5.75 Å². The second-order valence-electron chi connectivity index (χ2n) is 4.75. The summed E-state index contributed by atoms with van der Waals surface area (Å²) in [6.07, 6.45) is 3.52. The Labute approximate surface area is 122 Å². The molecule has 0 fully saturated rings. The van der Waals surface area contributed by atoms with E-state index in [0.717, 1.165) is 28.0 Å². The normalized spacial score (nSPS) is 10.6. The van der Waals surface area contributed by atoms with E-state index >= 15 is 0 Å². The topological polar surface area (TPSA) is 74.2 Å². The Bertz CT molecular complexity index is 763. The van der Waals surface area contributed by atoms with Crippen molar-refractivity contribution in [2.75, 3.05) is 12.8 Å².